The second kappa shape index (κ2) is 5.13. The highest BCUT2D eigenvalue weighted by Crippen LogP contribution is 2.67. The molecule has 0 amide bonds. The van der Waals surface area contributed by atoms with Crippen LogP contribution in [-0.2, 0) is 14.3 Å². The van der Waals surface area contributed by atoms with Gasteiger partial charge in [-0.25, -0.2) is 9.50 Å². The van der Waals surface area contributed by atoms with Crippen LogP contribution >= 0.6 is 38.5 Å². The topological polar surface area (TPSA) is 65.7 Å². The monoisotopic (exact) mass is 491 g/mol. The second-order valence-electron chi connectivity index (χ2n) is 6.40. The summed E-state index contributed by atoms with van der Waals surface area (Å²) in [6, 6.07) is 1.99. The van der Waals surface area contributed by atoms with Gasteiger partial charge in [-0.3, -0.25) is 4.79 Å². The van der Waals surface area contributed by atoms with Crippen molar-refractivity contribution >= 4 is 50.1 Å². The van der Waals surface area contributed by atoms with E-state index in [-0.39, 0.29) is 11.6 Å². The molecule has 2 saturated heterocycles. The number of aryl methyl sites for hydroxylation is 1. The summed E-state index contributed by atoms with van der Waals surface area (Å²) >= 11 is 5.78. The zero-order chi connectivity index (χ0) is 16.4. The van der Waals surface area contributed by atoms with Crippen molar-refractivity contribution in [2.24, 2.45) is 5.41 Å². The predicted molar refractivity (Wildman–Crippen MR) is 94.6 cm³/mol. The molecule has 2 aromatic heterocycles. The van der Waals surface area contributed by atoms with Crippen molar-refractivity contribution < 1.29 is 14.3 Å². The number of carbonyl (C=O) groups is 1. The molecule has 1 atom stereocenters. The Kier molecular flexibility index (Phi) is 3.51. The molecule has 6 nitrogen and oxygen atoms in total. The highest BCUT2D eigenvalue weighted by atomic mass is 127. The molecule has 0 N–H and O–H groups in total. The van der Waals surface area contributed by atoms with Crippen molar-refractivity contribution in [3.63, 3.8) is 0 Å². The second-order valence-corrected chi connectivity index (χ2v) is 8.07. The molecule has 2 aliphatic heterocycles. The number of pyridine rings is 1. The molecule has 3 aliphatic rings. The molecule has 1 unspecified atom stereocenters. The van der Waals surface area contributed by atoms with Crippen LogP contribution in [-0.4, -0.2) is 37.7 Å². The van der Waals surface area contributed by atoms with E-state index < -0.39 is 11.5 Å². The highest BCUT2D eigenvalue weighted by Gasteiger charge is 2.73. The number of esters is 1. The van der Waals surface area contributed by atoms with Crippen LogP contribution in [0.1, 0.15) is 30.3 Å². The van der Waals surface area contributed by atoms with E-state index in [1.165, 1.54) is 7.11 Å². The van der Waals surface area contributed by atoms with Gasteiger partial charge in [0.1, 0.15) is 11.5 Å². The maximum Gasteiger partial charge on any atom is 0.315 e. The summed E-state index contributed by atoms with van der Waals surface area (Å²) in [4.78, 5) is 17.0. The largest absolute Gasteiger partial charge is 0.469 e. The third-order valence-corrected chi connectivity index (χ3v) is 6.64. The van der Waals surface area contributed by atoms with E-state index in [4.69, 9.17) is 9.47 Å². The first-order valence-corrected chi connectivity index (χ1v) is 9.59. The number of ether oxygens (including phenoxy) is 2. The Morgan fingerprint density at radius 1 is 1.61 bits per heavy atom. The van der Waals surface area contributed by atoms with Crippen LogP contribution < -0.4 is 0 Å². The molecule has 5 rings (SSSR count). The van der Waals surface area contributed by atoms with E-state index in [0.29, 0.717) is 18.7 Å². The van der Waals surface area contributed by atoms with Gasteiger partial charge in [-0.2, -0.15) is 0 Å². The van der Waals surface area contributed by atoms with E-state index in [0.717, 1.165) is 20.1 Å². The number of fused-ring (bicyclic) bond motifs is 2. The molecule has 8 heteroatoms. The number of rotatable bonds is 3. The Hall–Kier alpha value is -0.740. The van der Waals surface area contributed by atoms with Gasteiger partial charge in [0.05, 0.1) is 12.7 Å². The Labute approximate surface area is 155 Å². The van der Waals surface area contributed by atoms with Crippen LogP contribution in [0.5, 0.6) is 0 Å². The lowest BCUT2D eigenvalue weighted by atomic mass is 9.60. The standard InChI is InChI=1S/C15H15BrIN3O3/c1-8-3-9(16)4-20-12(8)18-11(19-20)10-15(13(21)22-2)5-14(6-15,7-17)23-10/h3-4,10H,5-7H2,1-2H3. The maximum absolute atomic E-state index is 12.4. The summed E-state index contributed by atoms with van der Waals surface area (Å²) in [6.07, 6.45) is 2.77. The first kappa shape index (κ1) is 15.8. The average Bonchev–Trinajstić information content (AvgIpc) is 3.13. The molecule has 2 bridgehead atoms. The molecular formula is C15H15BrIN3O3. The minimum atomic E-state index is -0.643. The number of carbonyl (C=O) groups excluding carboxylic acids is 1. The van der Waals surface area contributed by atoms with Crippen molar-refractivity contribution in [3.05, 3.63) is 28.1 Å². The average molecular weight is 492 g/mol. The summed E-state index contributed by atoms with van der Waals surface area (Å²) in [6.45, 7) is 1.98. The van der Waals surface area contributed by atoms with E-state index in [2.05, 4.69) is 48.6 Å². The number of halogens is 2. The Morgan fingerprint density at radius 2 is 2.35 bits per heavy atom. The van der Waals surface area contributed by atoms with Gasteiger partial charge in [0, 0.05) is 15.1 Å². The first-order valence-electron chi connectivity index (χ1n) is 7.28. The molecule has 0 aromatic carbocycles. The smallest absolute Gasteiger partial charge is 0.315 e. The molecule has 1 aliphatic carbocycles. The van der Waals surface area contributed by atoms with Crippen LogP contribution in [0.25, 0.3) is 5.65 Å². The SMILES string of the molecule is COC(=O)C12CC(CI)(C1)OC2c1nc2c(C)cc(Br)cn2n1. The number of aromatic nitrogens is 3. The molecule has 2 aromatic rings. The van der Waals surface area contributed by atoms with Crippen molar-refractivity contribution in [3.8, 4) is 0 Å². The molecule has 122 valence electrons. The van der Waals surface area contributed by atoms with Crippen LogP contribution in [0.2, 0.25) is 0 Å². The number of alkyl halides is 1. The fraction of sp³-hybridized carbons (Fsp3) is 0.533. The number of methoxy groups -OCH3 is 1. The fourth-order valence-electron chi connectivity index (χ4n) is 3.85. The lowest BCUT2D eigenvalue weighted by Gasteiger charge is -2.41. The van der Waals surface area contributed by atoms with Crippen molar-refractivity contribution in [1.82, 2.24) is 14.6 Å². The van der Waals surface area contributed by atoms with Gasteiger partial charge in [0.2, 0.25) is 0 Å². The van der Waals surface area contributed by atoms with Crippen molar-refractivity contribution in [2.75, 3.05) is 11.5 Å². The van der Waals surface area contributed by atoms with Gasteiger partial charge in [-0.15, -0.1) is 5.10 Å². The van der Waals surface area contributed by atoms with Crippen LogP contribution in [0, 0.1) is 12.3 Å². The predicted octanol–water partition coefficient (Wildman–Crippen LogP) is 3.00. The number of nitrogens with zero attached hydrogens (tertiary/aromatic N) is 3. The van der Waals surface area contributed by atoms with Gasteiger partial charge >= 0.3 is 5.97 Å². The van der Waals surface area contributed by atoms with E-state index in [1.807, 2.05) is 19.2 Å². The van der Waals surface area contributed by atoms with Crippen LogP contribution in [0.3, 0.4) is 0 Å². The van der Waals surface area contributed by atoms with Gasteiger partial charge in [0.15, 0.2) is 11.5 Å². The van der Waals surface area contributed by atoms with Gasteiger partial charge < -0.3 is 9.47 Å². The molecule has 1 saturated carbocycles. The summed E-state index contributed by atoms with van der Waals surface area (Å²) < 4.78 is 14.8. The molecule has 23 heavy (non-hydrogen) atoms. The zero-order valence-electron chi connectivity index (χ0n) is 12.7. The van der Waals surface area contributed by atoms with Crippen LogP contribution in [0.4, 0.5) is 0 Å². The Morgan fingerprint density at radius 3 is 3.00 bits per heavy atom. The third kappa shape index (κ3) is 2.10. The minimum absolute atomic E-state index is 0.225. The molecule has 4 heterocycles. The highest BCUT2D eigenvalue weighted by molar-refractivity contribution is 14.1. The lowest BCUT2D eigenvalue weighted by molar-refractivity contribution is -0.158. The van der Waals surface area contributed by atoms with Crippen LogP contribution in [0.15, 0.2) is 16.7 Å². The van der Waals surface area contributed by atoms with Gasteiger partial charge in [-0.1, -0.05) is 22.6 Å². The zero-order valence-corrected chi connectivity index (χ0v) is 16.4. The van der Waals surface area contributed by atoms with Crippen molar-refractivity contribution in [1.29, 1.82) is 0 Å². The van der Waals surface area contributed by atoms with E-state index in [1.54, 1.807) is 4.52 Å². The number of hydrogen-bond acceptors (Lipinski definition) is 5. The normalized spacial score (nSPS) is 32.1. The van der Waals surface area contributed by atoms with Crippen molar-refractivity contribution in [2.45, 2.75) is 31.5 Å². The third-order valence-electron chi connectivity index (χ3n) is 4.82. The van der Waals surface area contributed by atoms with Gasteiger partial charge in [0.25, 0.3) is 0 Å². The summed E-state index contributed by atoms with van der Waals surface area (Å²) in [5, 5.41) is 4.56. The molecule has 0 radical (unpaired) electrons. The maximum atomic E-state index is 12.4. The van der Waals surface area contributed by atoms with Gasteiger partial charge in [-0.05, 0) is 47.3 Å². The molecular weight excluding hydrogens is 477 g/mol. The molecule has 0 spiro atoms. The lowest BCUT2D eigenvalue weighted by Crippen LogP contribution is -2.50. The first-order chi connectivity index (χ1) is 10.9. The molecule has 3 fully saturated rings. The summed E-state index contributed by atoms with van der Waals surface area (Å²) in [5.41, 5.74) is 0.904. The Balaban J connectivity index is 1.80. The quantitative estimate of drug-likeness (QED) is 0.375. The van der Waals surface area contributed by atoms with E-state index >= 15 is 0 Å². The Bertz CT molecular complexity index is 816. The number of hydrogen-bond donors (Lipinski definition) is 0. The summed E-state index contributed by atoms with van der Waals surface area (Å²) in [7, 11) is 1.43. The van der Waals surface area contributed by atoms with E-state index in [9.17, 15) is 4.79 Å². The fourth-order valence-corrected chi connectivity index (χ4v) is 5.10. The minimum Gasteiger partial charge on any atom is -0.469 e. The summed E-state index contributed by atoms with van der Waals surface area (Å²) in [5.74, 6) is 0.332.